The Labute approximate surface area is 385 Å². The van der Waals surface area contributed by atoms with Crippen LogP contribution in [0.3, 0.4) is 0 Å². The molecule has 17 heteroatoms. The number of benzene rings is 4. The number of H-pyrrole nitrogens is 1. The summed E-state index contributed by atoms with van der Waals surface area (Å²) in [7, 11) is -3.54. The number of nitrogens with zero attached hydrogens (tertiary/aromatic N) is 3. The number of hydroxylamine groups is 2. The van der Waals surface area contributed by atoms with Gasteiger partial charge in [0.15, 0.2) is 5.69 Å². The van der Waals surface area contributed by atoms with E-state index in [1.54, 1.807) is 30.5 Å². The molecule has 346 valence electrons. The Hall–Kier alpha value is -5.04. The number of hydrogen-bond acceptors (Lipinski definition) is 12. The van der Waals surface area contributed by atoms with Crippen molar-refractivity contribution in [3.05, 3.63) is 112 Å². The number of nitrogens with one attached hydrogen (secondary N) is 5. The topological polar surface area (TPSA) is 193 Å². The third kappa shape index (κ3) is 11.5. The number of rotatable bonds is 16. The molecular weight excluding hydrogens is 868 g/mol. The third-order valence-electron chi connectivity index (χ3n) is 12.8. The van der Waals surface area contributed by atoms with Gasteiger partial charge < -0.3 is 30.6 Å². The number of quaternary nitrogens is 1. The van der Waals surface area contributed by atoms with Gasteiger partial charge >= 0.3 is 0 Å². The van der Waals surface area contributed by atoms with Crippen molar-refractivity contribution in [2.45, 2.75) is 75.8 Å². The average molecular weight is 928 g/mol. The first-order valence-electron chi connectivity index (χ1n) is 22.4. The second-order valence-electron chi connectivity index (χ2n) is 18.2. The number of halogens is 1. The highest BCUT2D eigenvalue weighted by atomic mass is 35.5. The molecule has 1 saturated carbocycles. The van der Waals surface area contributed by atoms with Crippen molar-refractivity contribution in [1.82, 2.24) is 29.9 Å². The van der Waals surface area contributed by atoms with Crippen molar-refractivity contribution in [2.24, 2.45) is 5.41 Å². The van der Waals surface area contributed by atoms with Gasteiger partial charge in [-0.05, 0) is 110 Å². The van der Waals surface area contributed by atoms with Crippen LogP contribution in [0.25, 0.3) is 16.5 Å². The predicted octanol–water partition coefficient (Wildman–Crippen LogP) is 8.67. The number of fused-ring (bicyclic) bond motifs is 1. The molecule has 1 aromatic heterocycles. The van der Waals surface area contributed by atoms with Crippen LogP contribution in [-0.2, 0) is 14.8 Å². The normalized spacial score (nSPS) is 20.3. The van der Waals surface area contributed by atoms with E-state index in [4.69, 9.17) is 21.1 Å². The minimum atomic E-state index is -4.55. The monoisotopic (exact) mass is 926 g/mol. The fourth-order valence-corrected chi connectivity index (χ4v) is 10.3. The minimum Gasteiger partial charge on any atom is -0.593 e. The minimum absolute atomic E-state index is 0.0285. The van der Waals surface area contributed by atoms with Gasteiger partial charge in [-0.1, -0.05) is 49.2 Å². The summed E-state index contributed by atoms with van der Waals surface area (Å²) < 4.78 is 41.8. The van der Waals surface area contributed by atoms with E-state index in [2.05, 4.69) is 61.7 Å². The summed E-state index contributed by atoms with van der Waals surface area (Å²) in [6.07, 6.45) is 8.35. The summed E-state index contributed by atoms with van der Waals surface area (Å²) in [5.74, 6) is -0.433. The maximum Gasteiger partial charge on any atom is 0.268 e. The molecule has 1 aliphatic heterocycles. The molecule has 1 unspecified atom stereocenters. The molecule has 65 heavy (non-hydrogen) atoms. The highest BCUT2D eigenvalue weighted by Crippen LogP contribution is 2.43. The number of aromatic nitrogens is 2. The van der Waals surface area contributed by atoms with Gasteiger partial charge in [-0.25, -0.2) is 18.3 Å². The molecule has 0 spiro atoms. The molecule has 3 aliphatic rings. The zero-order valence-corrected chi connectivity index (χ0v) is 38.7. The van der Waals surface area contributed by atoms with Gasteiger partial charge in [-0.3, -0.25) is 14.8 Å². The highest BCUT2D eigenvalue weighted by Gasteiger charge is 2.31. The Bertz CT molecular complexity index is 2620. The number of morpholine rings is 1. The smallest absolute Gasteiger partial charge is 0.268 e. The number of ether oxygens (including phenoxy) is 2. The van der Waals surface area contributed by atoms with Crippen LogP contribution in [-0.4, -0.2) is 99.7 Å². The zero-order valence-electron chi connectivity index (χ0n) is 37.2. The molecule has 0 radical (unpaired) electrons. The fourth-order valence-electron chi connectivity index (χ4n) is 9.20. The average Bonchev–Trinajstić information content (AvgIpc) is 3.77. The number of carbonyl (C=O) groups excluding carboxylic acids is 1. The quantitative estimate of drug-likeness (QED) is 0.0314. The summed E-state index contributed by atoms with van der Waals surface area (Å²) in [6.45, 7) is 9.87. The molecule has 2 aliphatic carbocycles. The van der Waals surface area contributed by atoms with Crippen molar-refractivity contribution < 1.29 is 27.9 Å². The lowest BCUT2D eigenvalue weighted by atomic mass is 9.72. The molecule has 5 aromatic rings. The second-order valence-corrected chi connectivity index (χ2v) is 20.3. The third-order valence-corrected chi connectivity index (χ3v) is 14.4. The lowest BCUT2D eigenvalue weighted by molar-refractivity contribution is -0.00409. The summed E-state index contributed by atoms with van der Waals surface area (Å²) in [6, 6.07) is 22.7. The first-order chi connectivity index (χ1) is 31.1. The lowest BCUT2D eigenvalue weighted by Crippen LogP contribution is -2.46. The van der Waals surface area contributed by atoms with Crippen LogP contribution in [0.1, 0.15) is 74.7 Å². The molecule has 2 fully saturated rings. The van der Waals surface area contributed by atoms with E-state index in [1.807, 2.05) is 18.2 Å². The van der Waals surface area contributed by atoms with Crippen molar-refractivity contribution in [3.63, 3.8) is 0 Å². The number of allylic oxidation sites excluding steroid dienone is 1. The van der Waals surface area contributed by atoms with Crippen molar-refractivity contribution >= 4 is 61.1 Å². The van der Waals surface area contributed by atoms with Gasteiger partial charge in [0, 0.05) is 67.7 Å². The molecule has 1 amide bonds. The first-order valence-corrected chi connectivity index (χ1v) is 24.2. The van der Waals surface area contributed by atoms with E-state index in [-0.39, 0.29) is 33.4 Å². The van der Waals surface area contributed by atoms with Crippen LogP contribution in [0.2, 0.25) is 5.02 Å². The van der Waals surface area contributed by atoms with Crippen molar-refractivity contribution in [1.29, 1.82) is 0 Å². The SMILES string of the molecule is CC1(C)CCC(CNCCNc2ccc(C(=O)NS(=O)(=O)c3ccc(N[C@H]4CC[C@H](N5CCOCC5)CC4)c([N+](C)([O-])O)c3)c(Oc3cccc4[nH]ncc34)c2)=C(c2ccc(Cl)cc2)C1. The number of amides is 1. The highest BCUT2D eigenvalue weighted by molar-refractivity contribution is 7.90. The van der Waals surface area contributed by atoms with Crippen LogP contribution >= 0.6 is 11.6 Å². The van der Waals surface area contributed by atoms with E-state index in [9.17, 15) is 23.6 Å². The van der Waals surface area contributed by atoms with Crippen LogP contribution in [0.15, 0.2) is 95.5 Å². The lowest BCUT2D eigenvalue weighted by Gasteiger charge is -2.39. The maximum absolute atomic E-state index is 14.0. The van der Waals surface area contributed by atoms with Gasteiger partial charge in [0.25, 0.3) is 15.9 Å². The summed E-state index contributed by atoms with van der Waals surface area (Å²) >= 11 is 6.20. The molecule has 15 nitrogen and oxygen atoms in total. The molecule has 1 saturated heterocycles. The summed E-state index contributed by atoms with van der Waals surface area (Å²) in [5.41, 5.74) is 5.62. The van der Waals surface area contributed by atoms with E-state index >= 15 is 0 Å². The van der Waals surface area contributed by atoms with Crippen LogP contribution in [0, 0.1) is 10.6 Å². The van der Waals surface area contributed by atoms with Crippen molar-refractivity contribution in [3.8, 4) is 11.5 Å². The van der Waals surface area contributed by atoms with Crippen LogP contribution < -0.4 is 30.2 Å². The Kier molecular flexibility index (Phi) is 14.2. The standard InChI is InChI=1S/C48H59ClN8O7S/c1-48(2)20-19-33(40(29-48)32-7-9-34(49)10-8-32)30-50-21-22-51-36-13-17-39(46(27-36)64-45-6-4-5-42-41(45)31-52-54-42)47(58)55-65(61,62)38-16-18-43(44(28-38)57(3,59)60)53-35-11-14-37(15-12-35)56-23-25-63-26-24-56/h4-10,13,16-18,27-28,31,35,37,50-51,53,59H,11-12,14-15,19-26,29-30H2,1-3H3,(H,52,54)(H,55,58)/t35-,37-. The first kappa shape index (κ1) is 46.5. The molecule has 0 bridgehead atoms. The van der Waals surface area contributed by atoms with Gasteiger partial charge in [-0.2, -0.15) is 9.91 Å². The van der Waals surface area contributed by atoms with Crippen LogP contribution in [0.4, 0.5) is 17.1 Å². The number of hydrogen-bond donors (Lipinski definition) is 6. The van der Waals surface area contributed by atoms with Crippen molar-refractivity contribution in [2.75, 3.05) is 63.6 Å². The van der Waals surface area contributed by atoms with Crippen LogP contribution in [0.5, 0.6) is 11.5 Å². The molecule has 4 aromatic carbocycles. The Balaban J connectivity index is 0.958. The summed E-state index contributed by atoms with van der Waals surface area (Å²) in [4.78, 5) is 14.2. The molecule has 8 rings (SSSR count). The van der Waals surface area contributed by atoms with E-state index in [1.165, 1.54) is 34.9 Å². The van der Waals surface area contributed by atoms with E-state index in [0.717, 1.165) is 96.4 Å². The molecular formula is C48H59ClN8O7S. The number of sulfonamides is 1. The molecule has 2 heterocycles. The Morgan fingerprint density at radius 3 is 2.54 bits per heavy atom. The number of carbonyl (C=O) groups is 1. The van der Waals surface area contributed by atoms with Gasteiger partial charge in [0.05, 0.1) is 46.5 Å². The molecule has 6 N–H and O–H groups in total. The van der Waals surface area contributed by atoms with E-state index < -0.39 is 20.7 Å². The Morgan fingerprint density at radius 2 is 1.78 bits per heavy atom. The molecule has 1 atom stereocenters. The van der Waals surface area contributed by atoms with Gasteiger partial charge in [0.2, 0.25) is 0 Å². The van der Waals surface area contributed by atoms with E-state index in [0.29, 0.717) is 46.7 Å². The zero-order chi connectivity index (χ0) is 45.8. The Morgan fingerprint density at radius 1 is 1.02 bits per heavy atom. The fraction of sp³-hybridized carbons (Fsp3) is 0.417. The number of anilines is 2. The second kappa shape index (κ2) is 19.8. The van der Waals surface area contributed by atoms with Gasteiger partial charge in [-0.15, -0.1) is 0 Å². The largest absolute Gasteiger partial charge is 0.593 e. The maximum atomic E-state index is 14.0. The van der Waals surface area contributed by atoms with Gasteiger partial charge in [0.1, 0.15) is 18.5 Å². The number of aromatic amines is 1. The predicted molar refractivity (Wildman–Crippen MR) is 256 cm³/mol. The summed E-state index contributed by atoms with van der Waals surface area (Å²) in [5, 5.41) is 42.5.